The fourth-order valence-corrected chi connectivity index (χ4v) is 3.91. The maximum absolute atomic E-state index is 5.53. The predicted molar refractivity (Wildman–Crippen MR) is 120 cm³/mol. The van der Waals surface area contributed by atoms with Gasteiger partial charge in [0.15, 0.2) is 16.8 Å². The van der Waals surface area contributed by atoms with Gasteiger partial charge in [-0.3, -0.25) is 4.57 Å². The van der Waals surface area contributed by atoms with Gasteiger partial charge in [-0.1, -0.05) is 64.4 Å². The molecule has 0 saturated carbocycles. The second kappa shape index (κ2) is 9.45. The van der Waals surface area contributed by atoms with Crippen molar-refractivity contribution in [2.24, 2.45) is 0 Å². The van der Waals surface area contributed by atoms with E-state index in [9.17, 15) is 0 Å². The maximum atomic E-state index is 5.53. The minimum Gasteiger partial charge on any atom is -0.371 e. The molecule has 4 rings (SSSR count). The summed E-state index contributed by atoms with van der Waals surface area (Å²) >= 11 is 1.51. The van der Waals surface area contributed by atoms with E-state index in [2.05, 4.69) is 87.3 Å². The number of rotatable bonds is 8. The average Bonchev–Trinajstić information content (AvgIpc) is 3.41. The molecule has 1 unspecified atom stereocenters. The van der Waals surface area contributed by atoms with Crippen molar-refractivity contribution < 1.29 is 9.26 Å². The zero-order chi connectivity index (χ0) is 21.8. The summed E-state index contributed by atoms with van der Waals surface area (Å²) in [6.45, 7) is 8.59. The van der Waals surface area contributed by atoms with Gasteiger partial charge in [-0.2, -0.15) is 4.98 Å². The molecule has 160 valence electrons. The van der Waals surface area contributed by atoms with Gasteiger partial charge in [-0.05, 0) is 39.8 Å². The molecule has 0 amide bonds. The average molecular weight is 436 g/mol. The van der Waals surface area contributed by atoms with Crippen LogP contribution in [0, 0.1) is 13.8 Å². The van der Waals surface area contributed by atoms with Gasteiger partial charge in [0.05, 0.1) is 5.75 Å². The molecule has 0 aliphatic heterocycles. The van der Waals surface area contributed by atoms with Crippen LogP contribution in [0.1, 0.15) is 42.8 Å². The van der Waals surface area contributed by atoms with E-state index < -0.39 is 0 Å². The van der Waals surface area contributed by atoms with Gasteiger partial charge in [0.2, 0.25) is 5.89 Å². The van der Waals surface area contributed by atoms with Gasteiger partial charge in [0.1, 0.15) is 6.10 Å². The summed E-state index contributed by atoms with van der Waals surface area (Å²) in [6, 6.07) is 16.6. The molecule has 7 nitrogen and oxygen atoms in total. The summed E-state index contributed by atoms with van der Waals surface area (Å²) in [7, 11) is 0. The van der Waals surface area contributed by atoms with Crippen LogP contribution in [0.3, 0.4) is 0 Å². The number of hydrogen-bond donors (Lipinski definition) is 0. The van der Waals surface area contributed by atoms with Gasteiger partial charge < -0.3 is 9.26 Å². The number of aromatic nitrogens is 5. The highest BCUT2D eigenvalue weighted by Crippen LogP contribution is 2.30. The highest BCUT2D eigenvalue weighted by molar-refractivity contribution is 7.98. The van der Waals surface area contributed by atoms with Crippen LogP contribution in [0.5, 0.6) is 0 Å². The Balaban J connectivity index is 1.63. The fraction of sp³-hybridized carbons (Fsp3) is 0.304. The lowest BCUT2D eigenvalue weighted by molar-refractivity contribution is 0.0683. The van der Waals surface area contributed by atoms with Gasteiger partial charge in [0, 0.05) is 17.9 Å². The van der Waals surface area contributed by atoms with Crippen LogP contribution in [0.2, 0.25) is 0 Å². The Bertz CT molecular complexity index is 1140. The standard InChI is InChI=1S/C23H25N5O2S/c1-5-29-17(4)21-24-20(30-27-21)14-31-23-26-25-22(18-10-6-15(2)7-11-18)28(23)19-12-8-16(3)9-13-19/h6-13,17H,5,14H2,1-4H3. The molecule has 0 bridgehead atoms. The largest absolute Gasteiger partial charge is 0.371 e. The Morgan fingerprint density at radius 3 is 2.35 bits per heavy atom. The molecule has 2 aromatic carbocycles. The third kappa shape index (κ3) is 4.86. The van der Waals surface area contributed by atoms with Crippen LogP contribution >= 0.6 is 11.8 Å². The van der Waals surface area contributed by atoms with E-state index in [1.54, 1.807) is 0 Å². The predicted octanol–water partition coefficient (Wildman–Crippen LogP) is 5.32. The minimum atomic E-state index is -0.197. The van der Waals surface area contributed by atoms with Crippen molar-refractivity contribution >= 4 is 11.8 Å². The topological polar surface area (TPSA) is 78.9 Å². The highest BCUT2D eigenvalue weighted by Gasteiger charge is 2.19. The van der Waals surface area contributed by atoms with Crippen LogP contribution in [0.25, 0.3) is 17.1 Å². The molecule has 0 spiro atoms. The lowest BCUT2D eigenvalue weighted by Crippen LogP contribution is -2.01. The summed E-state index contributed by atoms with van der Waals surface area (Å²) in [4.78, 5) is 4.45. The number of hydrogen-bond acceptors (Lipinski definition) is 7. The first-order chi connectivity index (χ1) is 15.0. The summed E-state index contributed by atoms with van der Waals surface area (Å²) in [5.41, 5.74) is 4.42. The monoisotopic (exact) mass is 435 g/mol. The van der Waals surface area contributed by atoms with Gasteiger partial charge in [-0.25, -0.2) is 0 Å². The van der Waals surface area contributed by atoms with Crippen molar-refractivity contribution in [3.63, 3.8) is 0 Å². The smallest absolute Gasteiger partial charge is 0.237 e. The highest BCUT2D eigenvalue weighted by atomic mass is 32.2. The Kier molecular flexibility index (Phi) is 6.48. The van der Waals surface area contributed by atoms with Crippen molar-refractivity contribution in [3.8, 4) is 17.1 Å². The van der Waals surface area contributed by atoms with E-state index in [4.69, 9.17) is 9.26 Å². The summed E-state index contributed by atoms with van der Waals surface area (Å²) in [5.74, 6) is 2.37. The Labute approximate surface area is 185 Å². The molecule has 8 heteroatoms. The SMILES string of the molecule is CCOC(C)c1noc(CSc2nnc(-c3ccc(C)cc3)n2-c2ccc(C)cc2)n1. The number of nitrogens with zero attached hydrogens (tertiary/aromatic N) is 5. The summed E-state index contributed by atoms with van der Waals surface area (Å²) < 4.78 is 13.0. The van der Waals surface area contributed by atoms with Gasteiger partial charge in [-0.15, -0.1) is 10.2 Å². The lowest BCUT2D eigenvalue weighted by Gasteiger charge is -2.10. The van der Waals surface area contributed by atoms with Crippen LogP contribution in [0.15, 0.2) is 58.2 Å². The third-order valence-electron chi connectivity index (χ3n) is 4.82. The molecule has 0 aliphatic rings. The number of aryl methyl sites for hydroxylation is 2. The van der Waals surface area contributed by atoms with Crippen molar-refractivity contribution in [2.45, 2.75) is 44.7 Å². The van der Waals surface area contributed by atoms with E-state index in [1.165, 1.54) is 22.9 Å². The molecule has 0 radical (unpaired) electrons. The Hall–Kier alpha value is -2.97. The summed E-state index contributed by atoms with van der Waals surface area (Å²) in [5, 5.41) is 13.7. The first kappa shape index (κ1) is 21.3. The van der Waals surface area contributed by atoms with Crippen molar-refractivity contribution in [1.29, 1.82) is 0 Å². The molecule has 1 atom stereocenters. The van der Waals surface area contributed by atoms with E-state index in [0.717, 1.165) is 22.2 Å². The van der Waals surface area contributed by atoms with Crippen LogP contribution < -0.4 is 0 Å². The third-order valence-corrected chi connectivity index (χ3v) is 5.74. The number of ether oxygens (including phenoxy) is 1. The van der Waals surface area contributed by atoms with Gasteiger partial charge in [0.25, 0.3) is 0 Å². The second-order valence-electron chi connectivity index (χ2n) is 7.28. The zero-order valence-corrected chi connectivity index (χ0v) is 18.9. The Morgan fingerprint density at radius 2 is 1.68 bits per heavy atom. The molecule has 0 aliphatic carbocycles. The molecule has 4 aromatic rings. The number of thioether (sulfide) groups is 1. The molecular formula is C23H25N5O2S. The fourth-order valence-electron chi connectivity index (χ4n) is 3.12. The molecule has 31 heavy (non-hydrogen) atoms. The zero-order valence-electron chi connectivity index (χ0n) is 18.1. The lowest BCUT2D eigenvalue weighted by atomic mass is 10.1. The van der Waals surface area contributed by atoms with E-state index >= 15 is 0 Å². The quantitative estimate of drug-likeness (QED) is 0.346. The van der Waals surface area contributed by atoms with Crippen molar-refractivity contribution in [3.05, 3.63) is 71.4 Å². The van der Waals surface area contributed by atoms with Crippen LogP contribution in [-0.4, -0.2) is 31.5 Å². The van der Waals surface area contributed by atoms with Crippen molar-refractivity contribution in [1.82, 2.24) is 24.9 Å². The molecule has 2 heterocycles. The molecule has 0 fully saturated rings. The first-order valence-electron chi connectivity index (χ1n) is 10.2. The van der Waals surface area contributed by atoms with Crippen LogP contribution in [0.4, 0.5) is 0 Å². The molecule has 0 saturated heterocycles. The molecule has 0 N–H and O–H groups in total. The van der Waals surface area contributed by atoms with Gasteiger partial charge >= 0.3 is 0 Å². The molecular weight excluding hydrogens is 410 g/mol. The minimum absolute atomic E-state index is 0.197. The Morgan fingerprint density at radius 1 is 1.00 bits per heavy atom. The summed E-state index contributed by atoms with van der Waals surface area (Å²) in [6.07, 6.45) is -0.197. The van der Waals surface area contributed by atoms with E-state index in [-0.39, 0.29) is 6.10 Å². The second-order valence-corrected chi connectivity index (χ2v) is 8.22. The first-order valence-corrected chi connectivity index (χ1v) is 11.2. The van der Waals surface area contributed by atoms with E-state index in [1.807, 2.05) is 13.8 Å². The molecule has 2 aromatic heterocycles. The van der Waals surface area contributed by atoms with E-state index in [0.29, 0.717) is 24.1 Å². The van der Waals surface area contributed by atoms with Crippen molar-refractivity contribution in [2.75, 3.05) is 6.61 Å². The normalized spacial score (nSPS) is 12.3. The number of benzene rings is 2. The maximum Gasteiger partial charge on any atom is 0.237 e. The van der Waals surface area contributed by atoms with Crippen LogP contribution in [-0.2, 0) is 10.5 Å².